The van der Waals surface area contributed by atoms with Crippen molar-refractivity contribution in [2.24, 2.45) is 5.10 Å². The minimum absolute atomic E-state index is 0.110. The van der Waals surface area contributed by atoms with E-state index in [1.165, 1.54) is 17.6 Å². The largest absolute Gasteiger partial charge is 0.488 e. The number of hydrogen-bond acceptors (Lipinski definition) is 7. The Hall–Kier alpha value is -2.55. The number of alkyl halides is 2. The van der Waals surface area contributed by atoms with Gasteiger partial charge in [-0.1, -0.05) is 12.1 Å². The maximum atomic E-state index is 12.1. The van der Waals surface area contributed by atoms with Crippen LogP contribution >= 0.6 is 11.3 Å². The molecule has 6 nitrogen and oxygen atoms in total. The van der Waals surface area contributed by atoms with Crippen molar-refractivity contribution < 1.29 is 23.0 Å². The van der Waals surface area contributed by atoms with E-state index < -0.39 is 13.0 Å². The Balaban J connectivity index is 1.87. The molecule has 25 heavy (non-hydrogen) atoms. The lowest BCUT2D eigenvalue weighted by Gasteiger charge is -2.05. The molecule has 0 saturated heterocycles. The Morgan fingerprint density at radius 3 is 3.08 bits per heavy atom. The Labute approximate surface area is 147 Å². The van der Waals surface area contributed by atoms with Gasteiger partial charge in [-0.05, 0) is 24.6 Å². The molecule has 0 fully saturated rings. The van der Waals surface area contributed by atoms with Gasteiger partial charge in [0.05, 0.1) is 24.9 Å². The van der Waals surface area contributed by atoms with Crippen LogP contribution in [0.25, 0.3) is 0 Å². The second kappa shape index (κ2) is 9.67. The molecule has 0 aliphatic rings. The van der Waals surface area contributed by atoms with Gasteiger partial charge in [0, 0.05) is 5.38 Å². The fraction of sp³-hybridized carbons (Fsp3) is 0.312. The molecule has 0 amide bonds. The van der Waals surface area contributed by atoms with Crippen molar-refractivity contribution in [3.8, 4) is 5.75 Å². The standard InChI is InChI=1S/C16H17F2N3O3S/c1-2-23-15(22)7-12-10-25-16(20-12)21-19-8-11-4-3-5-13(6-11)24-9-14(17)18/h3-6,8,10,14H,2,7,9H2,1H3,(H,20,21). The second-order valence-electron chi connectivity index (χ2n) is 4.77. The fourth-order valence-corrected chi connectivity index (χ4v) is 2.46. The maximum Gasteiger partial charge on any atom is 0.311 e. The number of nitrogens with one attached hydrogen (secondary N) is 1. The highest BCUT2D eigenvalue weighted by Gasteiger charge is 2.08. The number of benzene rings is 1. The van der Waals surface area contributed by atoms with Crippen LogP contribution in [0, 0.1) is 0 Å². The molecule has 9 heteroatoms. The smallest absolute Gasteiger partial charge is 0.311 e. The summed E-state index contributed by atoms with van der Waals surface area (Å²) in [7, 11) is 0. The van der Waals surface area contributed by atoms with E-state index in [-0.39, 0.29) is 12.4 Å². The third-order valence-electron chi connectivity index (χ3n) is 2.79. The molecular formula is C16H17F2N3O3S. The number of aromatic nitrogens is 1. The number of ether oxygens (including phenoxy) is 2. The zero-order valence-electron chi connectivity index (χ0n) is 13.4. The summed E-state index contributed by atoms with van der Waals surface area (Å²) in [5.41, 5.74) is 4.04. The molecule has 0 aliphatic heterocycles. The summed E-state index contributed by atoms with van der Waals surface area (Å²) in [4.78, 5) is 15.6. The maximum absolute atomic E-state index is 12.1. The first kappa shape index (κ1) is 18.8. The molecule has 1 heterocycles. The van der Waals surface area contributed by atoms with E-state index in [4.69, 9.17) is 9.47 Å². The molecule has 0 radical (unpaired) electrons. The molecular weight excluding hydrogens is 352 g/mol. The minimum Gasteiger partial charge on any atom is -0.488 e. The first-order chi connectivity index (χ1) is 12.1. The number of carbonyl (C=O) groups is 1. The van der Waals surface area contributed by atoms with Crippen molar-refractivity contribution in [3.05, 3.63) is 40.9 Å². The molecule has 1 aromatic heterocycles. The van der Waals surface area contributed by atoms with Crippen LogP contribution < -0.4 is 10.2 Å². The summed E-state index contributed by atoms with van der Waals surface area (Å²) in [5, 5.41) is 6.30. The van der Waals surface area contributed by atoms with Gasteiger partial charge in [-0.25, -0.2) is 13.8 Å². The summed E-state index contributed by atoms with van der Waals surface area (Å²) >= 11 is 1.31. The van der Waals surface area contributed by atoms with E-state index in [2.05, 4.69) is 15.5 Å². The molecule has 2 aromatic rings. The lowest BCUT2D eigenvalue weighted by molar-refractivity contribution is -0.142. The predicted octanol–water partition coefficient (Wildman–Crippen LogP) is 3.34. The Bertz CT molecular complexity index is 722. The average Bonchev–Trinajstić information content (AvgIpc) is 3.01. The number of anilines is 1. The van der Waals surface area contributed by atoms with Gasteiger partial charge in [0.15, 0.2) is 0 Å². The van der Waals surface area contributed by atoms with Gasteiger partial charge in [0.2, 0.25) is 5.13 Å². The molecule has 134 valence electrons. The van der Waals surface area contributed by atoms with Crippen LogP contribution in [0.3, 0.4) is 0 Å². The lowest BCUT2D eigenvalue weighted by Crippen LogP contribution is -2.07. The molecule has 0 aliphatic carbocycles. The van der Waals surface area contributed by atoms with Crippen LogP contribution in [0.5, 0.6) is 5.75 Å². The molecule has 0 saturated carbocycles. The minimum atomic E-state index is -2.52. The van der Waals surface area contributed by atoms with Crippen LogP contribution in [0.2, 0.25) is 0 Å². The normalized spacial score (nSPS) is 11.0. The van der Waals surface area contributed by atoms with Crippen molar-refractivity contribution in [2.45, 2.75) is 19.8 Å². The molecule has 1 aromatic carbocycles. The van der Waals surface area contributed by atoms with Crippen LogP contribution in [0.15, 0.2) is 34.7 Å². The number of carbonyl (C=O) groups excluding carboxylic acids is 1. The van der Waals surface area contributed by atoms with Gasteiger partial charge in [-0.15, -0.1) is 11.3 Å². The first-order valence-electron chi connectivity index (χ1n) is 7.47. The summed E-state index contributed by atoms with van der Waals surface area (Å²) < 4.78 is 34.1. The quantitative estimate of drug-likeness (QED) is 0.417. The van der Waals surface area contributed by atoms with Crippen molar-refractivity contribution in [1.82, 2.24) is 4.98 Å². The Kier molecular flexibility index (Phi) is 7.27. The van der Waals surface area contributed by atoms with Crippen molar-refractivity contribution in [1.29, 1.82) is 0 Å². The van der Waals surface area contributed by atoms with Crippen molar-refractivity contribution in [3.63, 3.8) is 0 Å². The van der Waals surface area contributed by atoms with Crippen molar-refractivity contribution >= 4 is 28.7 Å². The summed E-state index contributed by atoms with van der Waals surface area (Å²) in [6.45, 7) is 1.42. The van der Waals surface area contributed by atoms with Crippen LogP contribution in [0.1, 0.15) is 18.2 Å². The van der Waals surface area contributed by atoms with Crippen LogP contribution in [-0.4, -0.2) is 36.8 Å². The monoisotopic (exact) mass is 369 g/mol. The van der Waals surface area contributed by atoms with Crippen LogP contribution in [-0.2, 0) is 16.0 Å². The highest BCUT2D eigenvalue weighted by molar-refractivity contribution is 7.13. The third kappa shape index (κ3) is 6.84. The third-order valence-corrected chi connectivity index (χ3v) is 3.59. The summed E-state index contributed by atoms with van der Waals surface area (Å²) in [5.74, 6) is 0.0127. The first-order valence-corrected chi connectivity index (χ1v) is 8.35. The number of nitrogens with zero attached hydrogens (tertiary/aromatic N) is 2. The molecule has 0 atom stereocenters. The average molecular weight is 369 g/mol. The van der Waals surface area contributed by atoms with E-state index in [1.54, 1.807) is 36.6 Å². The molecule has 0 spiro atoms. The predicted molar refractivity (Wildman–Crippen MR) is 91.6 cm³/mol. The van der Waals surface area contributed by atoms with E-state index >= 15 is 0 Å². The highest BCUT2D eigenvalue weighted by Crippen LogP contribution is 2.16. The number of hydrazone groups is 1. The van der Waals surface area contributed by atoms with Gasteiger partial charge in [-0.3, -0.25) is 10.2 Å². The van der Waals surface area contributed by atoms with Gasteiger partial charge >= 0.3 is 5.97 Å². The van der Waals surface area contributed by atoms with Crippen molar-refractivity contribution in [2.75, 3.05) is 18.6 Å². The Morgan fingerprint density at radius 2 is 2.32 bits per heavy atom. The summed E-state index contributed by atoms with van der Waals surface area (Å²) in [6.07, 6.45) is -0.895. The highest BCUT2D eigenvalue weighted by atomic mass is 32.1. The van der Waals surface area contributed by atoms with Gasteiger partial charge in [0.25, 0.3) is 6.43 Å². The Morgan fingerprint density at radius 1 is 1.48 bits per heavy atom. The van der Waals surface area contributed by atoms with E-state index in [1.807, 2.05) is 0 Å². The van der Waals surface area contributed by atoms with Gasteiger partial charge in [-0.2, -0.15) is 5.10 Å². The number of thiazole rings is 1. The van der Waals surface area contributed by atoms with Crippen LogP contribution in [0.4, 0.5) is 13.9 Å². The number of rotatable bonds is 9. The zero-order chi connectivity index (χ0) is 18.1. The number of esters is 1. The molecule has 2 rings (SSSR count). The molecule has 0 unspecified atom stereocenters. The number of hydrogen-bond donors (Lipinski definition) is 1. The van der Waals surface area contributed by atoms with E-state index in [0.29, 0.717) is 28.7 Å². The number of halogens is 2. The zero-order valence-corrected chi connectivity index (χ0v) is 14.3. The topological polar surface area (TPSA) is 72.8 Å². The SMILES string of the molecule is CCOC(=O)Cc1csc(NN=Cc2cccc(OCC(F)F)c2)n1. The summed E-state index contributed by atoms with van der Waals surface area (Å²) in [6, 6.07) is 6.63. The van der Waals surface area contributed by atoms with E-state index in [0.717, 1.165) is 0 Å². The van der Waals surface area contributed by atoms with Gasteiger partial charge < -0.3 is 9.47 Å². The molecule has 0 bridgehead atoms. The fourth-order valence-electron chi connectivity index (χ4n) is 1.81. The van der Waals surface area contributed by atoms with E-state index in [9.17, 15) is 13.6 Å². The van der Waals surface area contributed by atoms with Gasteiger partial charge in [0.1, 0.15) is 12.4 Å². The molecule has 1 N–H and O–H groups in total. The lowest BCUT2D eigenvalue weighted by atomic mass is 10.2. The second-order valence-corrected chi connectivity index (χ2v) is 5.63.